The molecule has 1 atom stereocenters. The van der Waals surface area contributed by atoms with Crippen LogP contribution in [0.4, 0.5) is 0 Å². The van der Waals surface area contributed by atoms with Gasteiger partial charge in [0, 0.05) is 21.1 Å². The summed E-state index contributed by atoms with van der Waals surface area (Å²) in [4.78, 5) is 8.73. The molecule has 2 aromatic carbocycles. The first kappa shape index (κ1) is 17.1. The normalized spacial score (nSPS) is 35.8. The first-order valence-electron chi connectivity index (χ1n) is 10.5. The number of nitrogens with zero attached hydrogens (tertiary/aromatic N) is 2. The molecule has 4 aliphatic carbocycles. The Labute approximate surface area is 174 Å². The van der Waals surface area contributed by atoms with Gasteiger partial charge in [-0.05, 0) is 68.4 Å². The van der Waals surface area contributed by atoms with Gasteiger partial charge in [0.2, 0.25) is 6.23 Å². The molecule has 0 N–H and O–H groups in total. The molecule has 28 heavy (non-hydrogen) atoms. The maximum absolute atomic E-state index is 6.16. The van der Waals surface area contributed by atoms with Crippen molar-refractivity contribution in [3.63, 3.8) is 0 Å². The van der Waals surface area contributed by atoms with Crippen molar-refractivity contribution in [2.75, 3.05) is 0 Å². The van der Waals surface area contributed by atoms with E-state index < -0.39 is 0 Å². The molecular formula is C24H25BrN2O. The van der Waals surface area contributed by atoms with Gasteiger partial charge in [-0.2, -0.15) is 0 Å². The Bertz CT molecular complexity index is 890. The van der Waals surface area contributed by atoms with Crippen molar-refractivity contribution >= 4 is 21.8 Å². The fraction of sp³-hybridized carbons (Fsp3) is 0.458. The van der Waals surface area contributed by atoms with E-state index in [1.807, 2.05) is 0 Å². The van der Waals surface area contributed by atoms with Crippen molar-refractivity contribution < 1.29 is 4.84 Å². The van der Waals surface area contributed by atoms with E-state index in [0.717, 1.165) is 33.6 Å². The molecule has 0 saturated heterocycles. The zero-order valence-corrected chi connectivity index (χ0v) is 17.5. The largest absolute Gasteiger partial charge is 0.363 e. The summed E-state index contributed by atoms with van der Waals surface area (Å²) < 4.78 is 1.09. The fourth-order valence-corrected chi connectivity index (χ4v) is 7.20. The first-order valence-corrected chi connectivity index (χ1v) is 11.3. The lowest BCUT2D eigenvalue weighted by atomic mass is 9.52. The fourth-order valence-electron chi connectivity index (χ4n) is 6.78. The second-order valence-electron chi connectivity index (χ2n) is 9.31. The molecule has 4 bridgehead atoms. The van der Waals surface area contributed by atoms with Crippen LogP contribution >= 0.6 is 15.9 Å². The van der Waals surface area contributed by atoms with Crippen LogP contribution in [0.3, 0.4) is 0 Å². The summed E-state index contributed by atoms with van der Waals surface area (Å²) in [5.41, 5.74) is 2.53. The van der Waals surface area contributed by atoms with Gasteiger partial charge in [0.25, 0.3) is 0 Å². The van der Waals surface area contributed by atoms with Crippen LogP contribution in [-0.4, -0.2) is 16.3 Å². The molecule has 4 saturated carbocycles. The highest BCUT2D eigenvalue weighted by molar-refractivity contribution is 9.10. The number of halogens is 1. The van der Waals surface area contributed by atoms with Crippen LogP contribution in [-0.2, 0) is 4.84 Å². The predicted molar refractivity (Wildman–Crippen MR) is 114 cm³/mol. The monoisotopic (exact) mass is 436 g/mol. The lowest BCUT2D eigenvalue weighted by molar-refractivity contribution is -0.116. The van der Waals surface area contributed by atoms with Crippen molar-refractivity contribution in [3.05, 3.63) is 70.2 Å². The summed E-state index contributed by atoms with van der Waals surface area (Å²) in [6.07, 6.45) is 8.05. The third-order valence-electron chi connectivity index (χ3n) is 7.38. The lowest BCUT2D eigenvalue weighted by Gasteiger charge is -2.60. The Morgan fingerprint density at radius 1 is 0.893 bits per heavy atom. The summed E-state index contributed by atoms with van der Waals surface area (Å²) in [5.74, 6) is 3.67. The van der Waals surface area contributed by atoms with Crippen molar-refractivity contribution in [1.29, 1.82) is 0 Å². The number of oxime groups is 1. The van der Waals surface area contributed by atoms with Crippen LogP contribution in [0, 0.1) is 17.8 Å². The summed E-state index contributed by atoms with van der Waals surface area (Å²) >= 11 is 3.64. The van der Waals surface area contributed by atoms with Crippen LogP contribution in [0.15, 0.2) is 64.2 Å². The second kappa shape index (κ2) is 6.35. The third kappa shape index (κ3) is 2.64. The molecule has 0 aromatic heterocycles. The van der Waals surface area contributed by atoms with Crippen molar-refractivity contribution in [2.45, 2.75) is 50.3 Å². The molecule has 1 heterocycles. The van der Waals surface area contributed by atoms with Crippen molar-refractivity contribution in [3.8, 4) is 0 Å². The Kier molecular flexibility index (Phi) is 3.87. The number of benzene rings is 2. The summed E-state index contributed by atoms with van der Waals surface area (Å²) in [5, 5.41) is 4.66. The average Bonchev–Trinajstić information content (AvgIpc) is 3.14. The maximum atomic E-state index is 6.16. The summed E-state index contributed by atoms with van der Waals surface area (Å²) in [7, 11) is 0. The number of hydrogen-bond donors (Lipinski definition) is 0. The molecule has 0 amide bonds. The highest BCUT2D eigenvalue weighted by atomic mass is 79.9. The minimum absolute atomic E-state index is 0.135. The van der Waals surface area contributed by atoms with E-state index in [-0.39, 0.29) is 11.8 Å². The van der Waals surface area contributed by atoms with Crippen LogP contribution in [0.5, 0.6) is 0 Å². The SMILES string of the molecule is Brc1cccc(C2ON=C(c3ccccc3)N2C23CC4CC(CC(C4)C2)C3)c1. The van der Waals surface area contributed by atoms with Crippen molar-refractivity contribution in [1.82, 2.24) is 4.90 Å². The van der Waals surface area contributed by atoms with Gasteiger partial charge in [-0.15, -0.1) is 0 Å². The van der Waals surface area contributed by atoms with Gasteiger partial charge in [-0.3, -0.25) is 0 Å². The molecule has 3 nitrogen and oxygen atoms in total. The van der Waals surface area contributed by atoms with E-state index in [2.05, 4.69) is 80.6 Å². The summed E-state index contributed by atoms with van der Waals surface area (Å²) in [6, 6.07) is 19.1. The van der Waals surface area contributed by atoms with Gasteiger partial charge in [-0.25, -0.2) is 0 Å². The minimum atomic E-state index is -0.135. The standard InChI is InChI=1S/C24H25BrN2O/c25-21-8-4-7-20(12-21)23-27(22(26-28-23)19-5-2-1-3-6-19)24-13-16-9-17(14-24)11-18(10-16)15-24/h1-8,12,16-18,23H,9-11,13-15H2. The Morgan fingerprint density at radius 2 is 1.57 bits per heavy atom. The molecule has 1 unspecified atom stereocenters. The smallest absolute Gasteiger partial charge is 0.227 e. The van der Waals surface area contributed by atoms with Gasteiger partial charge in [0.15, 0.2) is 5.84 Å². The number of rotatable bonds is 3. The van der Waals surface area contributed by atoms with Crippen LogP contribution < -0.4 is 0 Å². The molecule has 0 radical (unpaired) electrons. The molecule has 7 rings (SSSR count). The second-order valence-corrected chi connectivity index (χ2v) is 10.2. The highest BCUT2D eigenvalue weighted by Gasteiger charge is 2.57. The van der Waals surface area contributed by atoms with E-state index >= 15 is 0 Å². The quantitative estimate of drug-likeness (QED) is 0.579. The van der Waals surface area contributed by atoms with Crippen LogP contribution in [0.25, 0.3) is 0 Å². The van der Waals surface area contributed by atoms with E-state index in [1.165, 1.54) is 44.1 Å². The topological polar surface area (TPSA) is 24.8 Å². The van der Waals surface area contributed by atoms with Gasteiger partial charge in [0.1, 0.15) is 0 Å². The average molecular weight is 437 g/mol. The third-order valence-corrected chi connectivity index (χ3v) is 7.88. The zero-order valence-electron chi connectivity index (χ0n) is 15.9. The maximum Gasteiger partial charge on any atom is 0.227 e. The Hall–Kier alpha value is -1.81. The molecular weight excluding hydrogens is 412 g/mol. The zero-order chi connectivity index (χ0) is 18.7. The molecule has 144 valence electrons. The Morgan fingerprint density at radius 3 is 2.21 bits per heavy atom. The molecule has 1 aliphatic heterocycles. The van der Waals surface area contributed by atoms with Gasteiger partial charge >= 0.3 is 0 Å². The van der Waals surface area contributed by atoms with Crippen LogP contribution in [0.2, 0.25) is 0 Å². The first-order chi connectivity index (χ1) is 13.7. The highest BCUT2D eigenvalue weighted by Crippen LogP contribution is 2.60. The number of hydrogen-bond acceptors (Lipinski definition) is 3. The van der Waals surface area contributed by atoms with Crippen molar-refractivity contribution in [2.24, 2.45) is 22.9 Å². The molecule has 0 spiro atoms. The van der Waals surface area contributed by atoms with E-state index in [0.29, 0.717) is 0 Å². The predicted octanol–water partition coefficient (Wildman–Crippen LogP) is 6.11. The van der Waals surface area contributed by atoms with Gasteiger partial charge in [0.05, 0.1) is 0 Å². The number of amidine groups is 1. The molecule has 2 aromatic rings. The van der Waals surface area contributed by atoms with E-state index in [4.69, 9.17) is 4.84 Å². The van der Waals surface area contributed by atoms with Gasteiger partial charge in [-0.1, -0.05) is 63.6 Å². The molecule has 4 fully saturated rings. The molecule has 5 aliphatic rings. The summed E-state index contributed by atoms with van der Waals surface area (Å²) in [6.45, 7) is 0. The van der Waals surface area contributed by atoms with E-state index in [9.17, 15) is 0 Å². The lowest BCUT2D eigenvalue weighted by Crippen LogP contribution is -2.61. The van der Waals surface area contributed by atoms with Crippen LogP contribution in [0.1, 0.15) is 55.9 Å². The molecule has 4 heteroatoms. The van der Waals surface area contributed by atoms with Gasteiger partial charge < -0.3 is 9.74 Å². The minimum Gasteiger partial charge on any atom is -0.363 e. The Balaban J connectivity index is 1.46. The van der Waals surface area contributed by atoms with E-state index in [1.54, 1.807) is 0 Å².